The van der Waals surface area contributed by atoms with Crippen molar-refractivity contribution >= 4 is 18.0 Å². The highest BCUT2D eigenvalue weighted by molar-refractivity contribution is 5.87. The molecule has 0 aliphatic rings. The monoisotopic (exact) mass is 305 g/mol. The van der Waals surface area contributed by atoms with E-state index in [1.54, 1.807) is 24.3 Å². The number of ether oxygens (including phenoxy) is 4. The molecule has 0 spiro atoms. The minimum Gasteiger partial charge on any atom is -0.493 e. The summed E-state index contributed by atoms with van der Waals surface area (Å²) >= 11 is 0. The van der Waals surface area contributed by atoms with Crippen LogP contribution in [-0.4, -0.2) is 39.4 Å². The van der Waals surface area contributed by atoms with Crippen LogP contribution in [0.2, 0.25) is 0 Å². The van der Waals surface area contributed by atoms with Crippen LogP contribution in [0.1, 0.15) is 5.56 Å². The van der Waals surface area contributed by atoms with Crippen LogP contribution in [0.15, 0.2) is 24.3 Å². The molecule has 0 aliphatic carbocycles. The second-order valence-corrected chi connectivity index (χ2v) is 3.87. The number of esters is 2. The lowest BCUT2D eigenvalue weighted by atomic mass is 10.2. The molecular formula is C15H15NO6. The third-order valence-corrected chi connectivity index (χ3v) is 2.45. The zero-order valence-corrected chi connectivity index (χ0v) is 12.2. The smallest absolute Gasteiger partial charge is 0.343 e. The minimum atomic E-state index is -0.619. The van der Waals surface area contributed by atoms with Gasteiger partial charge in [-0.2, -0.15) is 5.26 Å². The lowest BCUT2D eigenvalue weighted by molar-refractivity contribution is -0.143. The number of nitrogens with zero attached hydrogens (tertiary/aromatic N) is 1. The molecule has 0 saturated carbocycles. The van der Waals surface area contributed by atoms with Gasteiger partial charge in [-0.3, -0.25) is 0 Å². The summed E-state index contributed by atoms with van der Waals surface area (Å²) in [6.45, 7) is -0.532. The Morgan fingerprint density at radius 2 is 2.05 bits per heavy atom. The molecular weight excluding hydrogens is 290 g/mol. The zero-order chi connectivity index (χ0) is 16.4. The molecule has 0 unspecified atom stereocenters. The average Bonchev–Trinajstić information content (AvgIpc) is 2.55. The topological polar surface area (TPSA) is 94.9 Å². The van der Waals surface area contributed by atoms with Crippen molar-refractivity contribution in [3.63, 3.8) is 0 Å². The van der Waals surface area contributed by atoms with Gasteiger partial charge in [-0.05, 0) is 23.8 Å². The van der Waals surface area contributed by atoms with E-state index in [0.717, 1.165) is 0 Å². The van der Waals surface area contributed by atoms with Gasteiger partial charge in [0.1, 0.15) is 6.07 Å². The normalized spacial score (nSPS) is 9.86. The molecule has 0 aromatic heterocycles. The molecule has 0 saturated heterocycles. The van der Waals surface area contributed by atoms with Crippen molar-refractivity contribution in [2.75, 3.05) is 27.4 Å². The van der Waals surface area contributed by atoms with Gasteiger partial charge in [-0.25, -0.2) is 9.59 Å². The molecule has 7 nitrogen and oxygen atoms in total. The summed E-state index contributed by atoms with van der Waals surface area (Å²) in [5.41, 5.74) is 0.663. The standard InChI is InChI=1S/C15H15NO6/c1-19-13-9-11(4-6-14(17)21-8-7-16)3-5-12(13)22-10-15(18)20-2/h3-6,9H,8,10H2,1-2H3. The number of nitriles is 1. The molecule has 22 heavy (non-hydrogen) atoms. The summed E-state index contributed by atoms with van der Waals surface area (Å²) in [5.74, 6) is -0.355. The molecule has 1 aromatic rings. The van der Waals surface area contributed by atoms with E-state index in [9.17, 15) is 9.59 Å². The van der Waals surface area contributed by atoms with Crippen molar-refractivity contribution in [1.82, 2.24) is 0 Å². The molecule has 0 heterocycles. The van der Waals surface area contributed by atoms with Crippen LogP contribution >= 0.6 is 0 Å². The van der Waals surface area contributed by atoms with E-state index < -0.39 is 11.9 Å². The van der Waals surface area contributed by atoms with Crippen molar-refractivity contribution in [3.8, 4) is 17.6 Å². The highest BCUT2D eigenvalue weighted by Crippen LogP contribution is 2.28. The van der Waals surface area contributed by atoms with Gasteiger partial charge in [0.25, 0.3) is 0 Å². The lowest BCUT2D eigenvalue weighted by Gasteiger charge is -2.10. The summed E-state index contributed by atoms with van der Waals surface area (Å²) < 4.78 is 19.5. The van der Waals surface area contributed by atoms with Crippen molar-refractivity contribution in [3.05, 3.63) is 29.8 Å². The number of methoxy groups -OCH3 is 2. The molecule has 0 aliphatic heterocycles. The van der Waals surface area contributed by atoms with Gasteiger partial charge in [0.15, 0.2) is 24.7 Å². The molecule has 1 aromatic carbocycles. The Labute approximate surface area is 127 Å². The summed E-state index contributed by atoms with van der Waals surface area (Å²) in [6, 6.07) is 6.59. The molecule has 7 heteroatoms. The Morgan fingerprint density at radius 3 is 2.68 bits per heavy atom. The van der Waals surface area contributed by atoms with Crippen LogP contribution in [-0.2, 0) is 19.1 Å². The number of carbonyl (C=O) groups excluding carboxylic acids is 2. The molecule has 0 amide bonds. The molecule has 0 N–H and O–H groups in total. The fourth-order valence-corrected chi connectivity index (χ4v) is 1.42. The van der Waals surface area contributed by atoms with Crippen LogP contribution in [0.5, 0.6) is 11.5 Å². The quantitative estimate of drug-likeness (QED) is 0.554. The summed E-state index contributed by atoms with van der Waals surface area (Å²) in [6.07, 6.45) is 2.70. The Morgan fingerprint density at radius 1 is 1.27 bits per heavy atom. The van der Waals surface area contributed by atoms with Gasteiger partial charge in [0, 0.05) is 6.08 Å². The Balaban J connectivity index is 2.75. The van der Waals surface area contributed by atoms with Gasteiger partial charge in [0.05, 0.1) is 14.2 Å². The van der Waals surface area contributed by atoms with Gasteiger partial charge in [-0.1, -0.05) is 6.07 Å². The number of hydrogen-bond acceptors (Lipinski definition) is 7. The average molecular weight is 305 g/mol. The van der Waals surface area contributed by atoms with Crippen molar-refractivity contribution in [2.45, 2.75) is 0 Å². The fraction of sp³-hybridized carbons (Fsp3) is 0.267. The lowest BCUT2D eigenvalue weighted by Crippen LogP contribution is -2.12. The molecule has 0 bridgehead atoms. The number of carbonyl (C=O) groups is 2. The van der Waals surface area contributed by atoms with E-state index in [1.165, 1.54) is 26.4 Å². The largest absolute Gasteiger partial charge is 0.493 e. The molecule has 0 radical (unpaired) electrons. The zero-order valence-electron chi connectivity index (χ0n) is 12.2. The first-order valence-corrected chi connectivity index (χ1v) is 6.20. The maximum atomic E-state index is 11.2. The maximum Gasteiger partial charge on any atom is 0.343 e. The summed E-state index contributed by atoms with van der Waals surface area (Å²) in [7, 11) is 2.72. The van der Waals surface area contributed by atoms with Gasteiger partial charge < -0.3 is 18.9 Å². The van der Waals surface area contributed by atoms with Crippen LogP contribution in [0.25, 0.3) is 6.08 Å². The van der Waals surface area contributed by atoms with Crippen molar-refractivity contribution in [2.24, 2.45) is 0 Å². The third kappa shape index (κ3) is 5.54. The summed E-state index contributed by atoms with van der Waals surface area (Å²) in [5, 5.41) is 8.29. The molecule has 1 rings (SSSR count). The van der Waals surface area contributed by atoms with Crippen LogP contribution in [0.3, 0.4) is 0 Å². The van der Waals surface area contributed by atoms with E-state index in [-0.39, 0.29) is 13.2 Å². The number of benzene rings is 1. The minimum absolute atomic E-state index is 0.234. The SMILES string of the molecule is COC(=O)COc1ccc(C=CC(=O)OCC#N)cc1OC. The van der Waals surface area contributed by atoms with Gasteiger partial charge >= 0.3 is 11.9 Å². The van der Waals surface area contributed by atoms with E-state index >= 15 is 0 Å². The highest BCUT2D eigenvalue weighted by atomic mass is 16.6. The molecule has 0 atom stereocenters. The van der Waals surface area contributed by atoms with Crippen molar-refractivity contribution < 1.29 is 28.5 Å². The van der Waals surface area contributed by atoms with E-state index in [2.05, 4.69) is 9.47 Å². The Kier molecular flexibility index (Phi) is 6.99. The Bertz CT molecular complexity index is 603. The van der Waals surface area contributed by atoms with E-state index in [4.69, 9.17) is 14.7 Å². The van der Waals surface area contributed by atoms with Crippen LogP contribution < -0.4 is 9.47 Å². The first kappa shape index (κ1) is 17.0. The predicted molar refractivity (Wildman–Crippen MR) is 76.1 cm³/mol. The fourth-order valence-electron chi connectivity index (χ4n) is 1.42. The van der Waals surface area contributed by atoms with E-state index in [0.29, 0.717) is 17.1 Å². The first-order chi connectivity index (χ1) is 10.6. The van der Waals surface area contributed by atoms with Crippen LogP contribution in [0.4, 0.5) is 0 Å². The maximum absolute atomic E-state index is 11.2. The second kappa shape index (κ2) is 9.02. The summed E-state index contributed by atoms with van der Waals surface area (Å²) in [4.78, 5) is 22.3. The highest BCUT2D eigenvalue weighted by Gasteiger charge is 2.08. The Hall–Kier alpha value is -3.01. The van der Waals surface area contributed by atoms with Gasteiger partial charge in [0.2, 0.25) is 0 Å². The molecule has 116 valence electrons. The van der Waals surface area contributed by atoms with Crippen molar-refractivity contribution in [1.29, 1.82) is 5.26 Å². The molecule has 0 fully saturated rings. The van der Waals surface area contributed by atoms with E-state index in [1.807, 2.05) is 0 Å². The third-order valence-electron chi connectivity index (χ3n) is 2.45. The number of rotatable bonds is 7. The first-order valence-electron chi connectivity index (χ1n) is 6.20. The van der Waals surface area contributed by atoms with Crippen LogP contribution in [0, 0.1) is 11.3 Å². The number of hydrogen-bond donors (Lipinski definition) is 0. The van der Waals surface area contributed by atoms with Gasteiger partial charge in [-0.15, -0.1) is 0 Å². The predicted octanol–water partition coefficient (Wildman–Crippen LogP) is 1.33. The second-order valence-electron chi connectivity index (χ2n) is 3.87.